The van der Waals surface area contributed by atoms with Crippen molar-refractivity contribution < 1.29 is 13.2 Å². The van der Waals surface area contributed by atoms with E-state index in [-0.39, 0.29) is 23.6 Å². The summed E-state index contributed by atoms with van der Waals surface area (Å²) in [6.07, 6.45) is 1.76. The van der Waals surface area contributed by atoms with Crippen LogP contribution >= 0.6 is 11.3 Å². The molecule has 2 aromatic heterocycles. The molecule has 29 heavy (non-hydrogen) atoms. The third-order valence-electron chi connectivity index (χ3n) is 4.62. The molecule has 2 N–H and O–H groups in total. The van der Waals surface area contributed by atoms with Crippen molar-refractivity contribution in [1.82, 2.24) is 15.3 Å². The zero-order valence-electron chi connectivity index (χ0n) is 16.5. The maximum Gasteiger partial charge on any atom is 0.259 e. The van der Waals surface area contributed by atoms with Crippen LogP contribution in [0.3, 0.4) is 0 Å². The van der Waals surface area contributed by atoms with Gasteiger partial charge in [-0.25, -0.2) is 13.4 Å². The standard InChI is InChI=1S/C20H23N3O4S2/c1-12-13(2)28-20-18(12)19(25)22-16(23-20)8-9-17(24)21-10-14-4-6-15(7-5-14)11-29(3,26)27/h4-7H,8-11H2,1-3H3,(H,21,24)(H,22,23,25). The monoisotopic (exact) mass is 433 g/mol. The topological polar surface area (TPSA) is 109 Å². The van der Waals surface area contributed by atoms with Crippen molar-refractivity contribution in [3.05, 3.63) is 62.0 Å². The average molecular weight is 434 g/mol. The van der Waals surface area contributed by atoms with Crippen molar-refractivity contribution in [2.24, 2.45) is 0 Å². The number of thiophene rings is 1. The van der Waals surface area contributed by atoms with Gasteiger partial charge in [-0.05, 0) is 30.5 Å². The maximum absolute atomic E-state index is 12.3. The number of sulfone groups is 1. The summed E-state index contributed by atoms with van der Waals surface area (Å²) >= 11 is 1.48. The van der Waals surface area contributed by atoms with Gasteiger partial charge in [-0.3, -0.25) is 9.59 Å². The fourth-order valence-electron chi connectivity index (χ4n) is 2.99. The van der Waals surface area contributed by atoms with Crippen molar-refractivity contribution in [1.29, 1.82) is 0 Å². The SMILES string of the molecule is Cc1sc2nc(CCC(=O)NCc3ccc(CS(C)(=O)=O)cc3)[nH]c(=O)c2c1C. The molecule has 1 aromatic carbocycles. The van der Waals surface area contributed by atoms with Gasteiger partial charge in [0.1, 0.15) is 10.7 Å². The van der Waals surface area contributed by atoms with Gasteiger partial charge in [0, 0.05) is 30.5 Å². The number of aromatic amines is 1. The first-order valence-corrected chi connectivity index (χ1v) is 12.0. The number of hydrogen-bond acceptors (Lipinski definition) is 6. The van der Waals surface area contributed by atoms with E-state index in [0.717, 1.165) is 16.0 Å². The molecule has 0 spiro atoms. The first-order valence-electron chi connectivity index (χ1n) is 9.13. The number of nitrogens with one attached hydrogen (secondary N) is 2. The molecule has 0 saturated carbocycles. The van der Waals surface area contributed by atoms with E-state index < -0.39 is 9.84 Å². The van der Waals surface area contributed by atoms with E-state index >= 15 is 0 Å². The van der Waals surface area contributed by atoms with Gasteiger partial charge in [0.25, 0.3) is 5.56 Å². The lowest BCUT2D eigenvalue weighted by molar-refractivity contribution is -0.121. The first-order chi connectivity index (χ1) is 13.6. The third kappa shape index (κ3) is 5.51. The van der Waals surface area contributed by atoms with Crippen LogP contribution in [0, 0.1) is 13.8 Å². The molecular weight excluding hydrogens is 410 g/mol. The molecule has 0 atom stereocenters. The number of carbonyl (C=O) groups is 1. The Bertz CT molecular complexity index is 1210. The molecule has 0 saturated heterocycles. The van der Waals surface area contributed by atoms with Gasteiger partial charge < -0.3 is 10.3 Å². The molecule has 7 nitrogen and oxygen atoms in total. The zero-order valence-corrected chi connectivity index (χ0v) is 18.2. The Morgan fingerprint density at radius 1 is 1.17 bits per heavy atom. The highest BCUT2D eigenvalue weighted by Gasteiger charge is 2.12. The Hall–Kier alpha value is -2.52. The van der Waals surface area contributed by atoms with Crippen LogP contribution in [-0.2, 0) is 33.4 Å². The van der Waals surface area contributed by atoms with Crippen molar-refractivity contribution in [3.63, 3.8) is 0 Å². The summed E-state index contributed by atoms with van der Waals surface area (Å²) in [5.41, 5.74) is 2.38. The van der Waals surface area contributed by atoms with E-state index in [0.29, 0.717) is 34.6 Å². The van der Waals surface area contributed by atoms with Crippen molar-refractivity contribution in [2.45, 2.75) is 39.0 Å². The van der Waals surface area contributed by atoms with Crippen LogP contribution in [0.5, 0.6) is 0 Å². The number of nitrogens with zero attached hydrogens (tertiary/aromatic N) is 1. The highest BCUT2D eigenvalue weighted by Crippen LogP contribution is 2.25. The van der Waals surface area contributed by atoms with Crippen LogP contribution in [0.15, 0.2) is 29.1 Å². The molecule has 0 aliphatic carbocycles. The number of fused-ring (bicyclic) bond motifs is 1. The van der Waals surface area contributed by atoms with E-state index in [1.165, 1.54) is 17.6 Å². The quantitative estimate of drug-likeness (QED) is 0.595. The number of aryl methyl sites for hydroxylation is 3. The number of carbonyl (C=O) groups excluding carboxylic acids is 1. The van der Waals surface area contributed by atoms with E-state index in [4.69, 9.17) is 0 Å². The molecule has 0 radical (unpaired) electrons. The maximum atomic E-state index is 12.3. The minimum Gasteiger partial charge on any atom is -0.352 e. The molecule has 2 heterocycles. The highest BCUT2D eigenvalue weighted by atomic mass is 32.2. The van der Waals surface area contributed by atoms with E-state index in [1.54, 1.807) is 24.3 Å². The first kappa shape index (κ1) is 21.2. The van der Waals surface area contributed by atoms with Crippen LogP contribution in [0.2, 0.25) is 0 Å². The number of amides is 1. The number of rotatable bonds is 7. The fraction of sp³-hybridized carbons (Fsp3) is 0.350. The second kappa shape index (κ2) is 8.46. The van der Waals surface area contributed by atoms with Gasteiger partial charge in [0.05, 0.1) is 11.1 Å². The van der Waals surface area contributed by atoms with Gasteiger partial charge in [-0.1, -0.05) is 24.3 Å². The molecule has 0 unspecified atom stereocenters. The van der Waals surface area contributed by atoms with E-state index in [9.17, 15) is 18.0 Å². The highest BCUT2D eigenvalue weighted by molar-refractivity contribution is 7.89. The largest absolute Gasteiger partial charge is 0.352 e. The molecule has 154 valence electrons. The van der Waals surface area contributed by atoms with Crippen LogP contribution in [0.1, 0.15) is 33.8 Å². The number of hydrogen-bond donors (Lipinski definition) is 2. The smallest absolute Gasteiger partial charge is 0.259 e. The Morgan fingerprint density at radius 3 is 2.48 bits per heavy atom. The molecule has 9 heteroatoms. The van der Waals surface area contributed by atoms with Crippen LogP contribution in [0.4, 0.5) is 0 Å². The molecule has 3 rings (SSSR count). The van der Waals surface area contributed by atoms with E-state index in [1.807, 2.05) is 13.8 Å². The van der Waals surface area contributed by atoms with Gasteiger partial charge in [0.2, 0.25) is 5.91 Å². The lowest BCUT2D eigenvalue weighted by Crippen LogP contribution is -2.23. The van der Waals surface area contributed by atoms with Gasteiger partial charge in [-0.15, -0.1) is 11.3 Å². The lowest BCUT2D eigenvalue weighted by atomic mass is 10.1. The normalized spacial score (nSPS) is 11.7. The van der Waals surface area contributed by atoms with Crippen molar-refractivity contribution in [3.8, 4) is 0 Å². The fourth-order valence-corrected chi connectivity index (χ4v) is 4.84. The number of aromatic nitrogens is 2. The van der Waals surface area contributed by atoms with Crippen molar-refractivity contribution in [2.75, 3.05) is 6.26 Å². The third-order valence-corrected chi connectivity index (χ3v) is 6.58. The average Bonchev–Trinajstić information content (AvgIpc) is 2.92. The predicted molar refractivity (Wildman–Crippen MR) is 115 cm³/mol. The molecule has 3 aromatic rings. The Balaban J connectivity index is 1.55. The summed E-state index contributed by atoms with van der Waals surface area (Å²) in [5.74, 6) is 0.355. The summed E-state index contributed by atoms with van der Waals surface area (Å²) in [6.45, 7) is 4.22. The van der Waals surface area contributed by atoms with E-state index in [2.05, 4.69) is 15.3 Å². The second-order valence-corrected chi connectivity index (χ2v) is 10.5. The molecule has 0 fully saturated rings. The Kier molecular flexibility index (Phi) is 6.18. The summed E-state index contributed by atoms with van der Waals surface area (Å²) in [7, 11) is -3.07. The van der Waals surface area contributed by atoms with Gasteiger partial charge >= 0.3 is 0 Å². The molecule has 0 aliphatic heterocycles. The van der Waals surface area contributed by atoms with Crippen LogP contribution < -0.4 is 10.9 Å². The van der Waals surface area contributed by atoms with Crippen LogP contribution in [0.25, 0.3) is 10.2 Å². The van der Waals surface area contributed by atoms with Gasteiger partial charge in [0.15, 0.2) is 9.84 Å². The van der Waals surface area contributed by atoms with Crippen LogP contribution in [-0.4, -0.2) is 30.5 Å². The molecular formula is C20H23N3O4S2. The lowest BCUT2D eigenvalue weighted by Gasteiger charge is -2.07. The predicted octanol–water partition coefficient (Wildman–Crippen LogP) is 2.40. The van der Waals surface area contributed by atoms with Crippen molar-refractivity contribution >= 4 is 37.3 Å². The van der Waals surface area contributed by atoms with Gasteiger partial charge in [-0.2, -0.15) is 0 Å². The molecule has 0 aliphatic rings. The summed E-state index contributed by atoms with van der Waals surface area (Å²) in [4.78, 5) is 33.4. The minimum atomic E-state index is -3.07. The zero-order chi connectivity index (χ0) is 21.2. The summed E-state index contributed by atoms with van der Waals surface area (Å²) in [5, 5.41) is 3.45. The second-order valence-electron chi connectivity index (χ2n) is 7.14. The minimum absolute atomic E-state index is 0.00151. The Morgan fingerprint density at radius 2 is 1.83 bits per heavy atom. The molecule has 1 amide bonds. The molecule has 0 bridgehead atoms. The summed E-state index contributed by atoms with van der Waals surface area (Å²) in [6, 6.07) is 7.10. The summed E-state index contributed by atoms with van der Waals surface area (Å²) < 4.78 is 22.6. The number of H-pyrrole nitrogens is 1. The Labute approximate surface area is 173 Å². The number of benzene rings is 1.